The number of H-pyrrole nitrogens is 1. The standard InChI is InChI=1S/C26H24FN5O2/c1-31(15-17-8-11-28-12-9-17)19-10-13-32(16-19)26(34)22-14-18(6-7-23(22)27)24-20-4-2-3-5-21(20)25(33)30-29-24/h2-9,11-12,14,19H,10,13,15-16H2,1H3,(H,30,33)/t19-/m0/s1. The number of fused-ring (bicyclic) bond motifs is 1. The molecular formula is C26H24FN5O2. The number of rotatable bonds is 5. The van der Waals surface area contributed by atoms with E-state index < -0.39 is 5.82 Å². The number of likely N-dealkylation sites (tertiary alicyclic amines) is 1. The third-order valence-electron chi connectivity index (χ3n) is 6.42. The van der Waals surface area contributed by atoms with Crippen molar-refractivity contribution in [2.45, 2.75) is 19.0 Å². The molecular weight excluding hydrogens is 433 g/mol. The molecule has 1 saturated heterocycles. The number of aromatic amines is 1. The zero-order chi connectivity index (χ0) is 23.7. The van der Waals surface area contributed by atoms with Gasteiger partial charge in [0.15, 0.2) is 0 Å². The maximum absolute atomic E-state index is 14.8. The van der Waals surface area contributed by atoms with Crippen LogP contribution in [-0.4, -0.2) is 57.1 Å². The number of carbonyl (C=O) groups excluding carboxylic acids is 1. The lowest BCUT2D eigenvalue weighted by Crippen LogP contribution is -2.36. The number of aromatic nitrogens is 3. The number of carbonyl (C=O) groups is 1. The van der Waals surface area contributed by atoms with Crippen LogP contribution in [0, 0.1) is 5.82 Å². The Morgan fingerprint density at radius 2 is 1.91 bits per heavy atom. The lowest BCUT2D eigenvalue weighted by Gasteiger charge is -2.25. The highest BCUT2D eigenvalue weighted by Crippen LogP contribution is 2.27. The van der Waals surface area contributed by atoms with Crippen LogP contribution in [0.25, 0.3) is 22.0 Å². The van der Waals surface area contributed by atoms with Crippen molar-refractivity contribution < 1.29 is 9.18 Å². The molecule has 1 aliphatic heterocycles. The second-order valence-electron chi connectivity index (χ2n) is 8.61. The molecule has 0 saturated carbocycles. The van der Waals surface area contributed by atoms with Gasteiger partial charge in [-0.1, -0.05) is 18.2 Å². The molecule has 3 heterocycles. The van der Waals surface area contributed by atoms with Crippen molar-refractivity contribution in [3.8, 4) is 11.3 Å². The minimum absolute atomic E-state index is 0.00650. The van der Waals surface area contributed by atoms with Crippen LogP contribution in [0.2, 0.25) is 0 Å². The van der Waals surface area contributed by atoms with E-state index in [0.717, 1.165) is 18.5 Å². The first kappa shape index (κ1) is 21.9. The lowest BCUT2D eigenvalue weighted by molar-refractivity contribution is 0.0775. The fourth-order valence-electron chi connectivity index (χ4n) is 4.53. The Morgan fingerprint density at radius 1 is 1.15 bits per heavy atom. The number of benzene rings is 2. The van der Waals surface area contributed by atoms with Crippen LogP contribution in [-0.2, 0) is 6.54 Å². The third-order valence-corrected chi connectivity index (χ3v) is 6.42. The number of amides is 1. The molecule has 2 aromatic heterocycles. The van der Waals surface area contributed by atoms with Crippen LogP contribution in [0.3, 0.4) is 0 Å². The van der Waals surface area contributed by atoms with Gasteiger partial charge in [-0.15, -0.1) is 0 Å². The summed E-state index contributed by atoms with van der Waals surface area (Å²) in [6.07, 6.45) is 4.36. The Morgan fingerprint density at radius 3 is 2.71 bits per heavy atom. The van der Waals surface area contributed by atoms with Gasteiger partial charge in [0.1, 0.15) is 5.82 Å². The summed E-state index contributed by atoms with van der Waals surface area (Å²) in [5, 5.41) is 7.82. The van der Waals surface area contributed by atoms with Gasteiger partial charge < -0.3 is 4.90 Å². The summed E-state index contributed by atoms with van der Waals surface area (Å²) in [5.74, 6) is -0.913. The molecule has 4 aromatic rings. The molecule has 2 aromatic carbocycles. The molecule has 7 nitrogen and oxygen atoms in total. The molecule has 0 spiro atoms. The third kappa shape index (κ3) is 4.20. The number of hydrogen-bond acceptors (Lipinski definition) is 5. The smallest absolute Gasteiger partial charge is 0.272 e. The minimum Gasteiger partial charge on any atom is -0.337 e. The van der Waals surface area contributed by atoms with E-state index in [-0.39, 0.29) is 23.1 Å². The second-order valence-corrected chi connectivity index (χ2v) is 8.61. The first-order valence-electron chi connectivity index (χ1n) is 11.2. The zero-order valence-electron chi connectivity index (χ0n) is 18.7. The Bertz CT molecular complexity index is 1410. The van der Waals surface area contributed by atoms with Crippen molar-refractivity contribution in [2.24, 2.45) is 0 Å². The number of hydrogen-bond donors (Lipinski definition) is 1. The first-order valence-corrected chi connectivity index (χ1v) is 11.2. The number of nitrogens with one attached hydrogen (secondary N) is 1. The van der Waals surface area contributed by atoms with E-state index in [9.17, 15) is 14.0 Å². The van der Waals surface area contributed by atoms with E-state index in [1.807, 2.05) is 25.2 Å². The predicted octanol–water partition coefficient (Wildman–Crippen LogP) is 3.47. The molecule has 1 aliphatic rings. The molecule has 1 fully saturated rings. The van der Waals surface area contributed by atoms with Gasteiger partial charge in [0.2, 0.25) is 0 Å². The number of halogens is 1. The van der Waals surface area contributed by atoms with Crippen LogP contribution < -0.4 is 5.56 Å². The Balaban J connectivity index is 1.38. The van der Waals surface area contributed by atoms with Gasteiger partial charge in [0.05, 0.1) is 16.6 Å². The van der Waals surface area contributed by atoms with E-state index in [0.29, 0.717) is 35.1 Å². The highest BCUT2D eigenvalue weighted by Gasteiger charge is 2.30. The molecule has 1 atom stereocenters. The number of likely N-dealkylation sites (N-methyl/N-ethyl adjacent to an activating group) is 1. The van der Waals surface area contributed by atoms with E-state index in [4.69, 9.17) is 0 Å². The van der Waals surface area contributed by atoms with Crippen molar-refractivity contribution in [2.75, 3.05) is 20.1 Å². The van der Waals surface area contributed by atoms with Crippen molar-refractivity contribution in [1.82, 2.24) is 25.0 Å². The second kappa shape index (κ2) is 9.15. The SMILES string of the molecule is CN(Cc1ccncc1)[C@H]1CCN(C(=O)c2cc(-c3n[nH]c(=O)c4ccccc34)ccc2F)C1. The number of nitrogens with zero attached hydrogens (tertiary/aromatic N) is 4. The van der Waals surface area contributed by atoms with Crippen LogP contribution in [0.4, 0.5) is 4.39 Å². The fraction of sp³-hybridized carbons (Fsp3) is 0.231. The van der Waals surface area contributed by atoms with Gasteiger partial charge in [0.25, 0.3) is 11.5 Å². The summed E-state index contributed by atoms with van der Waals surface area (Å²) in [7, 11) is 2.03. The maximum Gasteiger partial charge on any atom is 0.272 e. The maximum atomic E-state index is 14.8. The van der Waals surface area contributed by atoms with E-state index in [1.54, 1.807) is 41.6 Å². The average molecular weight is 458 g/mol. The summed E-state index contributed by atoms with van der Waals surface area (Å²) in [6.45, 7) is 1.85. The molecule has 5 rings (SSSR count). The van der Waals surface area contributed by atoms with Crippen LogP contribution >= 0.6 is 0 Å². The summed E-state index contributed by atoms with van der Waals surface area (Å²) in [6, 6.07) is 15.6. The van der Waals surface area contributed by atoms with Gasteiger partial charge in [0, 0.05) is 49.0 Å². The first-order chi connectivity index (χ1) is 16.5. The summed E-state index contributed by atoms with van der Waals surface area (Å²) >= 11 is 0. The summed E-state index contributed by atoms with van der Waals surface area (Å²) in [5.41, 5.74) is 1.94. The monoisotopic (exact) mass is 457 g/mol. The number of pyridine rings is 1. The topological polar surface area (TPSA) is 82.2 Å². The zero-order valence-corrected chi connectivity index (χ0v) is 18.7. The Labute approximate surface area is 195 Å². The minimum atomic E-state index is -0.573. The van der Waals surface area contributed by atoms with E-state index in [2.05, 4.69) is 20.1 Å². The lowest BCUT2D eigenvalue weighted by atomic mass is 10.0. The molecule has 34 heavy (non-hydrogen) atoms. The van der Waals surface area contributed by atoms with Crippen LogP contribution in [0.5, 0.6) is 0 Å². The highest BCUT2D eigenvalue weighted by atomic mass is 19.1. The molecule has 1 amide bonds. The predicted molar refractivity (Wildman–Crippen MR) is 128 cm³/mol. The van der Waals surface area contributed by atoms with Crippen LogP contribution in [0.1, 0.15) is 22.3 Å². The molecule has 0 unspecified atom stereocenters. The largest absolute Gasteiger partial charge is 0.337 e. The van der Waals surface area contributed by atoms with Crippen LogP contribution in [0.15, 0.2) is 71.8 Å². The summed E-state index contributed by atoms with van der Waals surface area (Å²) < 4.78 is 14.8. The molecule has 172 valence electrons. The summed E-state index contributed by atoms with van der Waals surface area (Å²) in [4.78, 5) is 33.4. The van der Waals surface area contributed by atoms with Gasteiger partial charge in [-0.2, -0.15) is 5.10 Å². The van der Waals surface area contributed by atoms with Crippen molar-refractivity contribution in [3.63, 3.8) is 0 Å². The Kier molecular flexibility index (Phi) is 5.90. The average Bonchev–Trinajstić information content (AvgIpc) is 3.36. The van der Waals surface area contributed by atoms with Crippen molar-refractivity contribution in [3.05, 3.63) is 94.3 Å². The quantitative estimate of drug-likeness (QED) is 0.496. The Hall–Kier alpha value is -3.91. The van der Waals surface area contributed by atoms with Gasteiger partial charge in [-0.05, 0) is 55.4 Å². The molecule has 8 heteroatoms. The fourth-order valence-corrected chi connectivity index (χ4v) is 4.53. The highest BCUT2D eigenvalue weighted by molar-refractivity contribution is 5.98. The van der Waals surface area contributed by atoms with Crippen molar-refractivity contribution in [1.29, 1.82) is 0 Å². The van der Waals surface area contributed by atoms with E-state index >= 15 is 0 Å². The van der Waals surface area contributed by atoms with Crippen molar-refractivity contribution >= 4 is 16.7 Å². The van der Waals surface area contributed by atoms with Gasteiger partial charge in [-0.25, -0.2) is 9.49 Å². The molecule has 0 radical (unpaired) electrons. The van der Waals surface area contributed by atoms with E-state index in [1.165, 1.54) is 12.1 Å². The molecule has 0 aliphatic carbocycles. The molecule has 1 N–H and O–H groups in total. The normalized spacial score (nSPS) is 15.9. The van der Waals surface area contributed by atoms with Gasteiger partial charge >= 0.3 is 0 Å². The molecule has 0 bridgehead atoms. The van der Waals surface area contributed by atoms with Gasteiger partial charge in [-0.3, -0.25) is 19.5 Å².